The Morgan fingerprint density at radius 3 is 1.23 bits per heavy atom. The summed E-state index contributed by atoms with van der Waals surface area (Å²) in [5.41, 5.74) is 15.4. The Labute approximate surface area is 332 Å². The Hall–Kier alpha value is -7.00. The van der Waals surface area contributed by atoms with Crippen molar-refractivity contribution in [3.05, 3.63) is 224 Å². The minimum Gasteiger partial charge on any atom is -0.310 e. The van der Waals surface area contributed by atoms with E-state index >= 15 is 0 Å². The summed E-state index contributed by atoms with van der Waals surface area (Å²) in [4.78, 5) is 2.44. The molecule has 0 saturated heterocycles. The first-order chi connectivity index (χ1) is 27.8. The zero-order chi connectivity index (χ0) is 37.3. The van der Waals surface area contributed by atoms with Gasteiger partial charge in [-0.05, 0) is 98.6 Å². The summed E-state index contributed by atoms with van der Waals surface area (Å²) in [6.07, 6.45) is 0. The number of hydrogen-bond donors (Lipinski definition) is 0. The van der Waals surface area contributed by atoms with Gasteiger partial charge in [0.15, 0.2) is 0 Å². The quantitative estimate of drug-likeness (QED) is 0.150. The molecule has 1 heterocycles. The molecular weight excluding hydrogens is 695 g/mol. The summed E-state index contributed by atoms with van der Waals surface area (Å²) < 4.78 is 2.57. The highest BCUT2D eigenvalue weighted by atomic mass is 32.1. The van der Waals surface area contributed by atoms with Crippen molar-refractivity contribution in [3.8, 4) is 55.6 Å². The van der Waals surface area contributed by atoms with Gasteiger partial charge in [0, 0.05) is 37.1 Å². The first kappa shape index (κ1) is 33.6. The first-order valence-corrected chi connectivity index (χ1v) is 19.9. The van der Waals surface area contributed by atoms with Crippen molar-refractivity contribution < 1.29 is 0 Å². The molecule has 0 spiro atoms. The van der Waals surface area contributed by atoms with Crippen LogP contribution < -0.4 is 4.90 Å². The lowest BCUT2D eigenvalue weighted by atomic mass is 9.93. The molecule has 0 amide bonds. The lowest BCUT2D eigenvalue weighted by Crippen LogP contribution is -2.11. The number of fused-ring (bicyclic) bond motifs is 3. The van der Waals surface area contributed by atoms with E-state index in [1.165, 1.54) is 75.8 Å². The van der Waals surface area contributed by atoms with E-state index in [2.05, 4.69) is 229 Å². The zero-order valence-electron chi connectivity index (χ0n) is 30.7. The summed E-state index contributed by atoms with van der Waals surface area (Å²) in [5, 5.41) is 2.57. The molecule has 0 unspecified atom stereocenters. The Morgan fingerprint density at radius 1 is 0.286 bits per heavy atom. The maximum atomic E-state index is 2.44. The predicted octanol–water partition coefficient (Wildman–Crippen LogP) is 15.9. The molecule has 0 aliphatic carbocycles. The minimum absolute atomic E-state index is 1.10. The fourth-order valence-electron chi connectivity index (χ4n) is 7.92. The highest BCUT2D eigenvalue weighted by molar-refractivity contribution is 7.26. The van der Waals surface area contributed by atoms with Crippen molar-refractivity contribution in [1.29, 1.82) is 0 Å². The molecule has 56 heavy (non-hydrogen) atoms. The molecule has 0 saturated carbocycles. The van der Waals surface area contributed by atoms with Crippen LogP contribution in [0, 0.1) is 0 Å². The average molecular weight is 732 g/mol. The van der Waals surface area contributed by atoms with Crippen LogP contribution in [0.3, 0.4) is 0 Å². The van der Waals surface area contributed by atoms with Gasteiger partial charge in [-0.1, -0.05) is 176 Å². The van der Waals surface area contributed by atoms with E-state index in [9.17, 15) is 0 Å². The van der Waals surface area contributed by atoms with Crippen LogP contribution in [0.5, 0.6) is 0 Å². The SMILES string of the molecule is c1ccc(-c2ccc(-c3ccc(N(c4ccc(-c5ccccc5)cc4)c4ccc5sc6ccccc6c5c4-c4cccc(-c5ccccc5)c4)cc3)cc2)cc1. The second kappa shape index (κ2) is 14.7. The van der Waals surface area contributed by atoms with Gasteiger partial charge in [-0.2, -0.15) is 0 Å². The van der Waals surface area contributed by atoms with Gasteiger partial charge < -0.3 is 4.90 Å². The molecule has 9 aromatic carbocycles. The highest BCUT2D eigenvalue weighted by Gasteiger charge is 2.22. The van der Waals surface area contributed by atoms with Crippen LogP contribution in [0.1, 0.15) is 0 Å². The summed E-state index contributed by atoms with van der Waals surface area (Å²) >= 11 is 1.86. The number of rotatable bonds is 8. The van der Waals surface area contributed by atoms with Gasteiger partial charge >= 0.3 is 0 Å². The third-order valence-electron chi connectivity index (χ3n) is 10.7. The van der Waals surface area contributed by atoms with E-state index in [4.69, 9.17) is 0 Å². The highest BCUT2D eigenvalue weighted by Crippen LogP contribution is 2.49. The van der Waals surface area contributed by atoms with Crippen LogP contribution >= 0.6 is 11.3 Å². The third kappa shape index (κ3) is 6.36. The minimum atomic E-state index is 1.10. The second-order valence-corrected chi connectivity index (χ2v) is 15.2. The van der Waals surface area contributed by atoms with E-state index in [0.29, 0.717) is 0 Å². The van der Waals surface area contributed by atoms with Gasteiger partial charge in [0.25, 0.3) is 0 Å². The van der Waals surface area contributed by atoms with Crippen LogP contribution in [0.2, 0.25) is 0 Å². The lowest BCUT2D eigenvalue weighted by molar-refractivity contribution is 1.29. The van der Waals surface area contributed by atoms with Crippen LogP contribution in [0.4, 0.5) is 17.1 Å². The standard InChI is InChI=1S/C54H37NS/c1-4-13-38(14-5-1)41-23-25-42(26-24-41)44-29-33-48(34-30-44)55(47-31-27-43(28-32-47)39-15-6-2-7-16-39)50-35-36-52-54(49-21-10-11-22-51(49)56-52)53(50)46-20-12-19-45(37-46)40-17-8-3-9-18-40/h1-37H. The van der Waals surface area contributed by atoms with Crippen LogP contribution in [-0.2, 0) is 0 Å². The molecule has 0 fully saturated rings. The summed E-state index contributed by atoms with van der Waals surface area (Å²) in [6, 6.07) is 81.3. The van der Waals surface area contributed by atoms with Gasteiger partial charge in [-0.25, -0.2) is 0 Å². The Balaban J connectivity index is 1.15. The maximum absolute atomic E-state index is 2.44. The summed E-state index contributed by atoms with van der Waals surface area (Å²) in [5.74, 6) is 0. The smallest absolute Gasteiger partial charge is 0.0547 e. The largest absolute Gasteiger partial charge is 0.310 e. The van der Waals surface area contributed by atoms with Crippen LogP contribution in [0.15, 0.2) is 224 Å². The van der Waals surface area contributed by atoms with Gasteiger partial charge in [0.1, 0.15) is 0 Å². The summed E-state index contributed by atoms with van der Waals surface area (Å²) in [6.45, 7) is 0. The van der Waals surface area contributed by atoms with Crippen molar-refractivity contribution in [3.63, 3.8) is 0 Å². The fourth-order valence-corrected chi connectivity index (χ4v) is 9.03. The van der Waals surface area contributed by atoms with Crippen molar-refractivity contribution in [2.45, 2.75) is 0 Å². The fraction of sp³-hybridized carbons (Fsp3) is 0. The Kier molecular flexibility index (Phi) is 8.79. The van der Waals surface area contributed by atoms with Crippen LogP contribution in [0.25, 0.3) is 75.8 Å². The normalized spacial score (nSPS) is 11.2. The molecule has 0 aliphatic rings. The molecule has 2 heteroatoms. The molecule has 0 N–H and O–H groups in total. The number of anilines is 3. The number of hydrogen-bond acceptors (Lipinski definition) is 2. The van der Waals surface area contributed by atoms with E-state index in [1.807, 2.05) is 11.3 Å². The van der Waals surface area contributed by atoms with Gasteiger partial charge in [-0.3, -0.25) is 0 Å². The van der Waals surface area contributed by atoms with Gasteiger partial charge in [0.05, 0.1) is 5.69 Å². The maximum Gasteiger partial charge on any atom is 0.0547 e. The second-order valence-electron chi connectivity index (χ2n) is 14.1. The molecule has 0 bridgehead atoms. The third-order valence-corrected chi connectivity index (χ3v) is 11.8. The molecule has 1 aromatic heterocycles. The zero-order valence-corrected chi connectivity index (χ0v) is 31.5. The molecule has 10 rings (SSSR count). The first-order valence-electron chi connectivity index (χ1n) is 19.1. The van der Waals surface area contributed by atoms with E-state index in [-0.39, 0.29) is 0 Å². The molecule has 264 valence electrons. The van der Waals surface area contributed by atoms with Crippen molar-refractivity contribution in [1.82, 2.24) is 0 Å². The topological polar surface area (TPSA) is 3.24 Å². The molecule has 0 aliphatic heterocycles. The Bertz CT molecular complexity index is 2910. The van der Waals surface area contributed by atoms with E-state index < -0.39 is 0 Å². The van der Waals surface area contributed by atoms with Crippen LogP contribution in [-0.4, -0.2) is 0 Å². The number of thiophene rings is 1. The van der Waals surface area contributed by atoms with Crippen molar-refractivity contribution in [2.24, 2.45) is 0 Å². The molecule has 1 nitrogen and oxygen atoms in total. The van der Waals surface area contributed by atoms with Gasteiger partial charge in [0.2, 0.25) is 0 Å². The van der Waals surface area contributed by atoms with E-state index in [0.717, 1.165) is 17.1 Å². The van der Waals surface area contributed by atoms with Crippen molar-refractivity contribution >= 4 is 48.6 Å². The average Bonchev–Trinajstić information content (AvgIpc) is 3.67. The number of nitrogens with zero attached hydrogens (tertiary/aromatic N) is 1. The molecular formula is C54H37NS. The molecule has 0 atom stereocenters. The Morgan fingerprint density at radius 2 is 0.696 bits per heavy atom. The monoisotopic (exact) mass is 731 g/mol. The summed E-state index contributed by atoms with van der Waals surface area (Å²) in [7, 11) is 0. The van der Waals surface area contributed by atoms with E-state index in [1.54, 1.807) is 0 Å². The molecule has 10 aromatic rings. The lowest BCUT2D eigenvalue weighted by Gasteiger charge is -2.29. The number of benzene rings is 9. The van der Waals surface area contributed by atoms with Gasteiger partial charge in [-0.15, -0.1) is 11.3 Å². The van der Waals surface area contributed by atoms with Crippen molar-refractivity contribution in [2.75, 3.05) is 4.90 Å². The predicted molar refractivity (Wildman–Crippen MR) is 241 cm³/mol. The molecule has 0 radical (unpaired) electrons.